The summed E-state index contributed by atoms with van der Waals surface area (Å²) >= 11 is 1.87. The molecule has 0 saturated heterocycles. The third-order valence-electron chi connectivity index (χ3n) is 5.11. The van der Waals surface area contributed by atoms with Gasteiger partial charge in [0.2, 0.25) is 0 Å². The van der Waals surface area contributed by atoms with E-state index in [1.54, 1.807) is 12.1 Å². The number of aliphatic carboxylic acids is 1. The molecular formula is C24H23FN2O2S. The average Bonchev–Trinajstić information content (AvgIpc) is 2.77. The van der Waals surface area contributed by atoms with E-state index in [-0.39, 0.29) is 18.7 Å². The van der Waals surface area contributed by atoms with Crippen LogP contribution in [0.25, 0.3) is 0 Å². The van der Waals surface area contributed by atoms with Gasteiger partial charge < -0.3 is 15.3 Å². The molecule has 3 aromatic rings. The summed E-state index contributed by atoms with van der Waals surface area (Å²) in [4.78, 5) is 14.3. The number of anilines is 3. The first-order chi connectivity index (χ1) is 14.6. The van der Waals surface area contributed by atoms with Crippen molar-refractivity contribution in [2.45, 2.75) is 24.3 Å². The highest BCUT2D eigenvalue weighted by Crippen LogP contribution is 2.39. The van der Waals surface area contributed by atoms with Gasteiger partial charge in [0.25, 0.3) is 0 Å². The maximum absolute atomic E-state index is 14.2. The molecule has 4 rings (SSSR count). The van der Waals surface area contributed by atoms with E-state index in [4.69, 9.17) is 5.11 Å². The van der Waals surface area contributed by atoms with Crippen LogP contribution in [-0.4, -0.2) is 23.4 Å². The number of carboxylic acid groups (broad SMARTS) is 1. The standard InChI is InChI=1S/C24H23FN2O2S/c25-21-15-19(9-7-18(21)8-11-24(28)29)26-16-17-6-10-23-22(14-17)27(12-13-30-23)20-4-2-1-3-5-20/h1-7,9-10,14-15,26H,8,11-13,16H2,(H,28,29). The molecule has 1 aliphatic heterocycles. The van der Waals surface area contributed by atoms with Crippen LogP contribution in [0, 0.1) is 5.82 Å². The van der Waals surface area contributed by atoms with Crippen LogP contribution in [0.3, 0.4) is 0 Å². The highest BCUT2D eigenvalue weighted by atomic mass is 32.2. The second kappa shape index (κ2) is 9.22. The summed E-state index contributed by atoms with van der Waals surface area (Å²) in [7, 11) is 0. The van der Waals surface area contributed by atoms with Gasteiger partial charge in [-0.25, -0.2) is 4.39 Å². The van der Waals surface area contributed by atoms with Crippen LogP contribution in [0.15, 0.2) is 71.6 Å². The molecule has 154 valence electrons. The Morgan fingerprint density at radius 2 is 1.93 bits per heavy atom. The Morgan fingerprint density at radius 3 is 2.70 bits per heavy atom. The number of benzene rings is 3. The maximum Gasteiger partial charge on any atom is 0.303 e. The molecule has 0 aliphatic carbocycles. The molecule has 0 fully saturated rings. The molecule has 0 aromatic heterocycles. The average molecular weight is 423 g/mol. The van der Waals surface area contributed by atoms with Crippen molar-refractivity contribution >= 4 is 34.8 Å². The van der Waals surface area contributed by atoms with Gasteiger partial charge in [-0.15, -0.1) is 11.8 Å². The van der Waals surface area contributed by atoms with E-state index in [9.17, 15) is 9.18 Å². The topological polar surface area (TPSA) is 52.6 Å². The van der Waals surface area contributed by atoms with Crippen molar-refractivity contribution in [1.29, 1.82) is 0 Å². The molecule has 0 saturated carbocycles. The van der Waals surface area contributed by atoms with Crippen molar-refractivity contribution in [3.8, 4) is 0 Å². The quantitative estimate of drug-likeness (QED) is 0.512. The van der Waals surface area contributed by atoms with Crippen molar-refractivity contribution in [1.82, 2.24) is 0 Å². The van der Waals surface area contributed by atoms with Gasteiger partial charge >= 0.3 is 5.97 Å². The Labute approximate surface area is 179 Å². The molecule has 0 radical (unpaired) electrons. The van der Waals surface area contributed by atoms with Crippen molar-refractivity contribution in [3.05, 3.63) is 83.7 Å². The van der Waals surface area contributed by atoms with Crippen LogP contribution in [0.5, 0.6) is 0 Å². The zero-order valence-corrected chi connectivity index (χ0v) is 17.3. The second-order valence-electron chi connectivity index (χ2n) is 7.19. The number of aryl methyl sites for hydroxylation is 1. The molecule has 1 aliphatic rings. The van der Waals surface area contributed by atoms with E-state index in [1.807, 2.05) is 17.8 Å². The van der Waals surface area contributed by atoms with Gasteiger partial charge in [0, 0.05) is 41.5 Å². The van der Waals surface area contributed by atoms with Crippen molar-refractivity contribution in [2.24, 2.45) is 0 Å². The fourth-order valence-electron chi connectivity index (χ4n) is 3.56. The highest BCUT2D eigenvalue weighted by Gasteiger charge is 2.19. The summed E-state index contributed by atoms with van der Waals surface area (Å²) < 4.78 is 14.2. The largest absolute Gasteiger partial charge is 0.481 e. The molecule has 0 atom stereocenters. The van der Waals surface area contributed by atoms with E-state index in [1.165, 1.54) is 22.3 Å². The number of halogens is 1. The number of rotatable bonds is 7. The lowest BCUT2D eigenvalue weighted by Gasteiger charge is -2.31. The number of hydrogen-bond donors (Lipinski definition) is 2. The maximum atomic E-state index is 14.2. The third kappa shape index (κ3) is 4.76. The van der Waals surface area contributed by atoms with Crippen molar-refractivity contribution in [2.75, 3.05) is 22.5 Å². The second-order valence-corrected chi connectivity index (χ2v) is 8.33. The van der Waals surface area contributed by atoms with Crippen LogP contribution in [-0.2, 0) is 17.8 Å². The number of para-hydroxylation sites is 1. The molecular weight excluding hydrogens is 399 g/mol. The van der Waals surface area contributed by atoms with Gasteiger partial charge in [-0.1, -0.05) is 30.3 Å². The number of carbonyl (C=O) groups is 1. The molecule has 0 amide bonds. The molecule has 3 aromatic carbocycles. The molecule has 1 heterocycles. The van der Waals surface area contributed by atoms with Crippen molar-refractivity contribution < 1.29 is 14.3 Å². The molecule has 6 heteroatoms. The lowest BCUT2D eigenvalue weighted by Crippen LogP contribution is -2.24. The summed E-state index contributed by atoms with van der Waals surface area (Å²) in [6, 6.07) is 21.7. The number of hydrogen-bond acceptors (Lipinski definition) is 4. The number of nitrogens with zero attached hydrogens (tertiary/aromatic N) is 1. The monoisotopic (exact) mass is 422 g/mol. The Bertz CT molecular complexity index is 1040. The minimum absolute atomic E-state index is 0.0747. The zero-order valence-electron chi connectivity index (χ0n) is 16.5. The first kappa shape index (κ1) is 20.3. The molecule has 0 bridgehead atoms. The van der Waals surface area contributed by atoms with E-state index in [0.717, 1.165) is 17.9 Å². The Morgan fingerprint density at radius 1 is 1.10 bits per heavy atom. The molecule has 30 heavy (non-hydrogen) atoms. The predicted octanol–water partition coefficient (Wildman–Crippen LogP) is 5.70. The Kier molecular flexibility index (Phi) is 6.23. The summed E-state index contributed by atoms with van der Waals surface area (Å²) in [6.07, 6.45) is 0.119. The number of nitrogens with one attached hydrogen (secondary N) is 1. The third-order valence-corrected chi connectivity index (χ3v) is 6.16. The first-order valence-corrected chi connectivity index (χ1v) is 10.9. The van der Waals surface area contributed by atoms with Crippen LogP contribution >= 0.6 is 11.8 Å². The van der Waals surface area contributed by atoms with Gasteiger partial charge in [0.1, 0.15) is 5.82 Å². The fourth-order valence-corrected chi connectivity index (χ4v) is 4.53. The van der Waals surface area contributed by atoms with E-state index in [0.29, 0.717) is 17.8 Å². The zero-order chi connectivity index (χ0) is 20.9. The molecule has 0 unspecified atom stereocenters. The lowest BCUT2D eigenvalue weighted by atomic mass is 10.1. The Balaban J connectivity index is 1.47. The smallest absolute Gasteiger partial charge is 0.303 e. The van der Waals surface area contributed by atoms with E-state index in [2.05, 4.69) is 52.7 Å². The highest BCUT2D eigenvalue weighted by molar-refractivity contribution is 7.99. The van der Waals surface area contributed by atoms with E-state index < -0.39 is 5.97 Å². The van der Waals surface area contributed by atoms with Gasteiger partial charge in [-0.2, -0.15) is 0 Å². The number of carboxylic acids is 1. The van der Waals surface area contributed by atoms with Crippen LogP contribution < -0.4 is 10.2 Å². The van der Waals surface area contributed by atoms with Gasteiger partial charge in [0.15, 0.2) is 0 Å². The molecule has 2 N–H and O–H groups in total. The van der Waals surface area contributed by atoms with Gasteiger partial charge in [-0.3, -0.25) is 4.79 Å². The summed E-state index contributed by atoms with van der Waals surface area (Å²) in [5.74, 6) is -0.252. The SMILES string of the molecule is O=C(O)CCc1ccc(NCc2ccc3c(c2)N(c2ccccc2)CCS3)cc1F. The summed E-state index contributed by atoms with van der Waals surface area (Å²) in [6.45, 7) is 1.54. The predicted molar refractivity (Wildman–Crippen MR) is 120 cm³/mol. The normalized spacial score (nSPS) is 13.0. The van der Waals surface area contributed by atoms with E-state index >= 15 is 0 Å². The van der Waals surface area contributed by atoms with Gasteiger partial charge in [0.05, 0.1) is 5.69 Å². The molecule has 0 spiro atoms. The minimum Gasteiger partial charge on any atom is -0.481 e. The van der Waals surface area contributed by atoms with Gasteiger partial charge in [-0.05, 0) is 53.9 Å². The fraction of sp³-hybridized carbons (Fsp3) is 0.208. The first-order valence-electron chi connectivity index (χ1n) is 9.92. The summed E-state index contributed by atoms with van der Waals surface area (Å²) in [5.41, 5.74) is 4.61. The lowest BCUT2D eigenvalue weighted by molar-refractivity contribution is -0.136. The number of fused-ring (bicyclic) bond motifs is 1. The van der Waals surface area contributed by atoms with Crippen LogP contribution in [0.2, 0.25) is 0 Å². The van der Waals surface area contributed by atoms with Crippen molar-refractivity contribution in [3.63, 3.8) is 0 Å². The molecule has 4 nitrogen and oxygen atoms in total. The number of thioether (sulfide) groups is 1. The van der Waals surface area contributed by atoms with Crippen LogP contribution in [0.1, 0.15) is 17.5 Å². The Hall–Kier alpha value is -2.99. The minimum atomic E-state index is -0.924. The summed E-state index contributed by atoms with van der Waals surface area (Å²) in [5, 5.41) is 12.0. The van der Waals surface area contributed by atoms with Crippen LogP contribution in [0.4, 0.5) is 21.5 Å².